The Morgan fingerprint density at radius 2 is 1.78 bits per heavy atom. The Kier molecular flexibility index (Phi) is 7.31. The molecule has 2 aromatic carbocycles. The number of fused-ring (bicyclic) bond motifs is 1. The summed E-state index contributed by atoms with van der Waals surface area (Å²) in [5, 5.41) is 5.14. The molecule has 0 aliphatic heterocycles. The lowest BCUT2D eigenvalue weighted by Crippen LogP contribution is -2.34. The summed E-state index contributed by atoms with van der Waals surface area (Å²) in [7, 11) is -0.625. The molecule has 2 heterocycles. The van der Waals surface area contributed by atoms with Gasteiger partial charge in [-0.25, -0.2) is 17.7 Å². The Morgan fingerprint density at radius 1 is 1.08 bits per heavy atom. The molecule has 0 atom stereocenters. The summed E-state index contributed by atoms with van der Waals surface area (Å²) >= 11 is 1.48. The number of aryl methyl sites for hydroxylation is 2. The number of para-hydroxylation sites is 1. The maximum Gasteiger partial charge on any atom is 0.260 e. The number of aromatic nitrogens is 3. The van der Waals surface area contributed by atoms with Crippen molar-refractivity contribution in [2.45, 2.75) is 45.1 Å². The van der Waals surface area contributed by atoms with Crippen LogP contribution in [0.2, 0.25) is 0 Å². The first-order valence-corrected chi connectivity index (χ1v) is 14.0. The van der Waals surface area contributed by atoms with Crippen LogP contribution in [0.25, 0.3) is 10.2 Å². The number of amides is 1. The number of benzene rings is 2. The maximum absolute atomic E-state index is 13.8. The number of rotatable bonds is 8. The second-order valence-electron chi connectivity index (χ2n) is 9.26. The minimum atomic E-state index is -3.58. The largest absolute Gasteiger partial charge is 0.282 e. The molecule has 4 rings (SSSR count). The van der Waals surface area contributed by atoms with Crippen LogP contribution in [0.1, 0.15) is 47.1 Å². The van der Waals surface area contributed by atoms with Crippen molar-refractivity contribution in [1.29, 1.82) is 0 Å². The quantitative estimate of drug-likeness (QED) is 0.329. The topological polar surface area (TPSA) is 88.4 Å². The van der Waals surface area contributed by atoms with Crippen molar-refractivity contribution in [3.05, 3.63) is 71.0 Å². The van der Waals surface area contributed by atoms with Gasteiger partial charge in [-0.05, 0) is 61.7 Å². The Morgan fingerprint density at radius 3 is 2.36 bits per heavy atom. The van der Waals surface area contributed by atoms with Gasteiger partial charge in [0.1, 0.15) is 0 Å². The van der Waals surface area contributed by atoms with Crippen LogP contribution >= 0.6 is 11.3 Å². The minimum absolute atomic E-state index is 0.139. The Hall–Kier alpha value is -3.08. The summed E-state index contributed by atoms with van der Waals surface area (Å²) in [6.07, 6.45) is 0. The van der Waals surface area contributed by atoms with E-state index in [-0.39, 0.29) is 10.8 Å². The minimum Gasteiger partial charge on any atom is -0.282 e. The number of carbonyl (C=O) groups excluding carboxylic acids is 1. The molecule has 0 aliphatic rings. The van der Waals surface area contributed by atoms with Crippen molar-refractivity contribution in [2.75, 3.05) is 25.5 Å². The van der Waals surface area contributed by atoms with E-state index in [2.05, 4.69) is 25.0 Å². The SMILES string of the molecule is Cc1cc(C)n(CCN(C(=O)c2ccc(S(=O)(=O)N(C)C)cc2)c2nc3c(C(C)C)cccc3s2)n1. The van der Waals surface area contributed by atoms with Crippen molar-refractivity contribution < 1.29 is 13.2 Å². The number of hydrogen-bond acceptors (Lipinski definition) is 6. The molecule has 10 heteroatoms. The zero-order chi connectivity index (χ0) is 26.2. The first-order chi connectivity index (χ1) is 17.0. The first kappa shape index (κ1) is 26.0. The molecule has 0 N–H and O–H groups in total. The highest BCUT2D eigenvalue weighted by Gasteiger charge is 2.24. The molecule has 0 spiro atoms. The van der Waals surface area contributed by atoms with Gasteiger partial charge in [0.05, 0.1) is 27.4 Å². The predicted molar refractivity (Wildman–Crippen MR) is 144 cm³/mol. The van der Waals surface area contributed by atoms with Crippen LogP contribution in [0, 0.1) is 13.8 Å². The smallest absolute Gasteiger partial charge is 0.260 e. The zero-order valence-electron chi connectivity index (χ0n) is 21.4. The molecule has 0 aliphatic carbocycles. The van der Waals surface area contributed by atoms with Gasteiger partial charge in [0, 0.05) is 31.9 Å². The van der Waals surface area contributed by atoms with Crippen LogP contribution in [0.4, 0.5) is 5.13 Å². The number of hydrogen-bond donors (Lipinski definition) is 0. The average Bonchev–Trinajstić information content (AvgIpc) is 3.40. The highest BCUT2D eigenvalue weighted by atomic mass is 32.2. The summed E-state index contributed by atoms with van der Waals surface area (Å²) in [6.45, 7) is 9.06. The summed E-state index contributed by atoms with van der Waals surface area (Å²) in [5.74, 6) is 0.0594. The van der Waals surface area contributed by atoms with E-state index in [0.29, 0.717) is 29.7 Å². The molecule has 0 fully saturated rings. The van der Waals surface area contributed by atoms with Crippen molar-refractivity contribution >= 4 is 42.6 Å². The van der Waals surface area contributed by atoms with Crippen molar-refractivity contribution in [3.8, 4) is 0 Å². The molecule has 0 radical (unpaired) electrons. The van der Waals surface area contributed by atoms with Gasteiger partial charge in [0.25, 0.3) is 5.91 Å². The number of nitrogens with zero attached hydrogens (tertiary/aromatic N) is 5. The lowest BCUT2D eigenvalue weighted by molar-refractivity contribution is 0.0985. The van der Waals surface area contributed by atoms with E-state index < -0.39 is 10.0 Å². The first-order valence-electron chi connectivity index (χ1n) is 11.7. The predicted octanol–water partition coefficient (Wildman–Crippen LogP) is 4.83. The lowest BCUT2D eigenvalue weighted by atomic mass is 10.0. The van der Waals surface area contributed by atoms with Crippen LogP contribution in [-0.4, -0.2) is 54.0 Å². The molecule has 8 nitrogen and oxygen atoms in total. The monoisotopic (exact) mass is 525 g/mol. The standard InChI is InChI=1S/C26H31N5O3S2/c1-17(2)22-8-7-9-23-24(22)27-26(35-23)30(14-15-31-19(4)16-18(3)28-31)25(32)20-10-12-21(13-11-20)36(33,34)29(5)6/h7-13,16-17H,14-15H2,1-6H3. The van der Waals surface area contributed by atoms with Gasteiger partial charge in [0.15, 0.2) is 5.13 Å². The van der Waals surface area contributed by atoms with E-state index in [1.165, 1.54) is 37.6 Å². The summed E-state index contributed by atoms with van der Waals surface area (Å²) in [4.78, 5) is 20.4. The van der Waals surface area contributed by atoms with E-state index in [0.717, 1.165) is 31.5 Å². The molecular formula is C26H31N5O3S2. The fourth-order valence-corrected chi connectivity index (χ4v) is 5.98. The van der Waals surface area contributed by atoms with E-state index in [1.807, 2.05) is 36.7 Å². The molecule has 4 aromatic rings. The number of sulfonamides is 1. The fraction of sp³-hybridized carbons (Fsp3) is 0.346. The molecule has 190 valence electrons. The van der Waals surface area contributed by atoms with Gasteiger partial charge in [-0.15, -0.1) is 0 Å². The Bertz CT molecular complexity index is 1500. The Labute approximate surface area is 216 Å². The Balaban J connectivity index is 1.72. The number of carbonyl (C=O) groups is 1. The third-order valence-corrected chi connectivity index (χ3v) is 8.93. The van der Waals surface area contributed by atoms with Crippen LogP contribution in [-0.2, 0) is 16.6 Å². The average molecular weight is 526 g/mol. The zero-order valence-corrected chi connectivity index (χ0v) is 23.0. The fourth-order valence-electron chi connectivity index (χ4n) is 4.06. The highest BCUT2D eigenvalue weighted by molar-refractivity contribution is 7.89. The third kappa shape index (κ3) is 5.07. The van der Waals surface area contributed by atoms with E-state index in [9.17, 15) is 13.2 Å². The normalized spacial score (nSPS) is 12.1. The molecule has 2 aromatic heterocycles. The van der Waals surface area contributed by atoms with Gasteiger partial charge < -0.3 is 0 Å². The summed E-state index contributed by atoms with van der Waals surface area (Å²) in [5.41, 5.74) is 4.38. The van der Waals surface area contributed by atoms with Gasteiger partial charge in [-0.2, -0.15) is 5.10 Å². The van der Waals surface area contributed by atoms with Crippen LogP contribution in [0.5, 0.6) is 0 Å². The summed E-state index contributed by atoms with van der Waals surface area (Å²) < 4.78 is 29.0. The van der Waals surface area contributed by atoms with Gasteiger partial charge >= 0.3 is 0 Å². The number of thiazole rings is 1. The molecular weight excluding hydrogens is 494 g/mol. The molecule has 36 heavy (non-hydrogen) atoms. The van der Waals surface area contributed by atoms with Crippen molar-refractivity contribution in [3.63, 3.8) is 0 Å². The second kappa shape index (κ2) is 10.1. The summed E-state index contributed by atoms with van der Waals surface area (Å²) in [6, 6.07) is 14.2. The van der Waals surface area contributed by atoms with Gasteiger partial charge in [-0.1, -0.05) is 37.3 Å². The van der Waals surface area contributed by atoms with Crippen molar-refractivity contribution in [2.24, 2.45) is 0 Å². The van der Waals surface area contributed by atoms with E-state index in [1.54, 1.807) is 17.0 Å². The lowest BCUT2D eigenvalue weighted by Gasteiger charge is -2.21. The second-order valence-corrected chi connectivity index (χ2v) is 12.4. The van der Waals surface area contributed by atoms with Gasteiger partial charge in [0.2, 0.25) is 10.0 Å². The van der Waals surface area contributed by atoms with Crippen LogP contribution < -0.4 is 4.90 Å². The number of anilines is 1. The highest BCUT2D eigenvalue weighted by Crippen LogP contribution is 2.34. The van der Waals surface area contributed by atoms with E-state index in [4.69, 9.17) is 4.98 Å². The molecule has 0 saturated heterocycles. The van der Waals surface area contributed by atoms with Gasteiger partial charge in [-0.3, -0.25) is 14.4 Å². The van der Waals surface area contributed by atoms with Crippen LogP contribution in [0.15, 0.2) is 53.4 Å². The van der Waals surface area contributed by atoms with E-state index >= 15 is 0 Å². The van der Waals surface area contributed by atoms with Crippen LogP contribution in [0.3, 0.4) is 0 Å². The third-order valence-electron chi connectivity index (χ3n) is 6.06. The van der Waals surface area contributed by atoms with Crippen molar-refractivity contribution in [1.82, 2.24) is 19.1 Å². The molecule has 1 amide bonds. The molecule has 0 saturated carbocycles. The molecule has 0 unspecified atom stereocenters. The maximum atomic E-state index is 13.8. The molecule has 0 bridgehead atoms.